The van der Waals surface area contributed by atoms with E-state index in [2.05, 4.69) is 6.07 Å². The predicted molar refractivity (Wildman–Crippen MR) is 168 cm³/mol. The minimum absolute atomic E-state index is 0.0150. The summed E-state index contributed by atoms with van der Waals surface area (Å²) >= 11 is 0. The van der Waals surface area contributed by atoms with Crippen LogP contribution in [-0.4, -0.2) is 75.9 Å². The van der Waals surface area contributed by atoms with Gasteiger partial charge in [-0.2, -0.15) is 5.26 Å². The van der Waals surface area contributed by atoms with Gasteiger partial charge in [0.2, 0.25) is 0 Å². The summed E-state index contributed by atoms with van der Waals surface area (Å²) in [6.45, 7) is 3.54. The molecule has 0 saturated carbocycles. The van der Waals surface area contributed by atoms with Gasteiger partial charge >= 0.3 is 6.09 Å². The molecule has 1 aliphatic heterocycles. The van der Waals surface area contributed by atoms with Crippen LogP contribution in [0.4, 0.5) is 4.79 Å². The molecule has 1 fully saturated rings. The Labute approximate surface area is 265 Å². The van der Waals surface area contributed by atoms with Crippen molar-refractivity contribution in [3.05, 3.63) is 89.0 Å². The topological polar surface area (TPSA) is 120 Å². The first-order valence-corrected chi connectivity index (χ1v) is 15.2. The zero-order valence-electron chi connectivity index (χ0n) is 26.0. The molecule has 45 heavy (non-hydrogen) atoms. The number of benzene rings is 3. The minimum atomic E-state index is -0.956. The molecule has 0 spiro atoms. The molecular formula is C35H42N2O8. The summed E-state index contributed by atoms with van der Waals surface area (Å²) in [6.07, 6.45) is 0.795. The fraction of sp³-hybridized carbons (Fsp3) is 0.429. The van der Waals surface area contributed by atoms with Crippen LogP contribution in [0.15, 0.2) is 66.7 Å². The third kappa shape index (κ3) is 10.1. The van der Waals surface area contributed by atoms with Crippen molar-refractivity contribution in [1.29, 1.82) is 5.26 Å². The van der Waals surface area contributed by atoms with E-state index in [-0.39, 0.29) is 25.2 Å². The first-order valence-electron chi connectivity index (χ1n) is 15.2. The molecule has 1 saturated heterocycles. The Bertz CT molecular complexity index is 1390. The fourth-order valence-corrected chi connectivity index (χ4v) is 5.26. The van der Waals surface area contributed by atoms with E-state index in [1.54, 1.807) is 20.3 Å². The first kappa shape index (κ1) is 33.6. The molecule has 1 N–H and O–H groups in total. The second-order valence-corrected chi connectivity index (χ2v) is 10.7. The van der Waals surface area contributed by atoms with Gasteiger partial charge in [-0.05, 0) is 47.9 Å². The maximum atomic E-state index is 11.8. The Morgan fingerprint density at radius 2 is 1.71 bits per heavy atom. The monoisotopic (exact) mass is 618 g/mol. The molecule has 2 atom stereocenters. The van der Waals surface area contributed by atoms with E-state index in [4.69, 9.17) is 28.4 Å². The summed E-state index contributed by atoms with van der Waals surface area (Å²) in [5.41, 5.74) is 3.38. The summed E-state index contributed by atoms with van der Waals surface area (Å²) < 4.78 is 34.3. The molecule has 10 heteroatoms. The number of para-hydroxylation sites is 1. The van der Waals surface area contributed by atoms with Gasteiger partial charge in [0.25, 0.3) is 0 Å². The number of hydrogen-bond acceptors (Lipinski definition) is 8. The number of methoxy groups -OCH3 is 2. The molecule has 0 aliphatic carbocycles. The number of nitriles is 1. The summed E-state index contributed by atoms with van der Waals surface area (Å²) in [6, 6.07) is 23.3. The summed E-state index contributed by atoms with van der Waals surface area (Å²) in [4.78, 5) is 13.2. The molecule has 10 nitrogen and oxygen atoms in total. The number of hydrogen-bond donors (Lipinski definition) is 1. The largest absolute Gasteiger partial charge is 0.496 e. The van der Waals surface area contributed by atoms with Crippen molar-refractivity contribution in [3.8, 4) is 23.3 Å². The lowest BCUT2D eigenvalue weighted by Gasteiger charge is -2.37. The lowest BCUT2D eigenvalue weighted by atomic mass is 9.87. The van der Waals surface area contributed by atoms with E-state index in [0.29, 0.717) is 63.7 Å². The average molecular weight is 619 g/mol. The molecule has 0 radical (unpaired) electrons. The Morgan fingerprint density at radius 3 is 2.47 bits per heavy atom. The third-order valence-electron chi connectivity index (χ3n) is 7.67. The Hall–Kier alpha value is -4.30. The number of ether oxygens (including phenoxy) is 6. The van der Waals surface area contributed by atoms with E-state index in [1.165, 1.54) is 4.90 Å². The second kappa shape index (κ2) is 17.9. The molecule has 1 heterocycles. The van der Waals surface area contributed by atoms with Crippen LogP contribution >= 0.6 is 0 Å². The van der Waals surface area contributed by atoms with Crippen LogP contribution in [-0.2, 0) is 27.4 Å². The number of amides is 1. The van der Waals surface area contributed by atoms with Crippen LogP contribution < -0.4 is 14.2 Å². The smallest absolute Gasteiger partial charge is 0.407 e. The summed E-state index contributed by atoms with van der Waals surface area (Å²) in [5.74, 6) is 2.10. The molecule has 0 bridgehead atoms. The van der Waals surface area contributed by atoms with Gasteiger partial charge in [0.15, 0.2) is 0 Å². The molecular weight excluding hydrogens is 576 g/mol. The number of rotatable bonds is 17. The fourth-order valence-electron chi connectivity index (χ4n) is 5.26. The Balaban J connectivity index is 1.30. The highest BCUT2D eigenvalue weighted by atomic mass is 16.5. The van der Waals surface area contributed by atoms with Gasteiger partial charge in [-0.25, -0.2) is 4.79 Å². The molecule has 240 valence electrons. The normalized spacial score (nSPS) is 16.2. The van der Waals surface area contributed by atoms with Crippen LogP contribution in [0, 0.1) is 11.3 Å². The second-order valence-electron chi connectivity index (χ2n) is 10.7. The lowest BCUT2D eigenvalue weighted by Crippen LogP contribution is -2.46. The molecule has 3 aromatic rings. The van der Waals surface area contributed by atoms with Crippen molar-refractivity contribution in [1.82, 2.24) is 4.90 Å². The lowest BCUT2D eigenvalue weighted by molar-refractivity contribution is -0.0200. The van der Waals surface area contributed by atoms with Gasteiger partial charge in [-0.3, -0.25) is 0 Å². The molecule has 2 unspecified atom stereocenters. The van der Waals surface area contributed by atoms with Crippen molar-refractivity contribution in [3.63, 3.8) is 0 Å². The highest BCUT2D eigenvalue weighted by molar-refractivity contribution is 5.65. The number of piperidine rings is 1. The molecule has 0 aromatic heterocycles. The number of nitrogens with zero attached hydrogens (tertiary/aromatic N) is 2. The number of carbonyl (C=O) groups is 1. The van der Waals surface area contributed by atoms with Gasteiger partial charge in [0.1, 0.15) is 23.3 Å². The minimum Gasteiger partial charge on any atom is -0.496 e. The maximum absolute atomic E-state index is 11.8. The van der Waals surface area contributed by atoms with E-state index in [0.717, 1.165) is 34.6 Å². The highest BCUT2D eigenvalue weighted by Gasteiger charge is 2.33. The van der Waals surface area contributed by atoms with Crippen molar-refractivity contribution in [2.75, 3.05) is 53.7 Å². The quantitative estimate of drug-likeness (QED) is 0.181. The summed E-state index contributed by atoms with van der Waals surface area (Å²) in [5, 5.41) is 19.1. The zero-order chi connectivity index (χ0) is 31.9. The Kier molecular flexibility index (Phi) is 13.3. The van der Waals surface area contributed by atoms with Gasteiger partial charge in [-0.1, -0.05) is 36.4 Å². The van der Waals surface area contributed by atoms with Crippen LogP contribution in [0.1, 0.15) is 47.4 Å². The molecule has 3 aromatic carbocycles. The van der Waals surface area contributed by atoms with Crippen molar-refractivity contribution in [2.24, 2.45) is 0 Å². The third-order valence-corrected chi connectivity index (χ3v) is 7.67. The zero-order valence-corrected chi connectivity index (χ0v) is 26.0. The molecule has 4 rings (SSSR count). The maximum Gasteiger partial charge on any atom is 0.407 e. The van der Waals surface area contributed by atoms with Crippen molar-refractivity contribution < 1.29 is 38.3 Å². The van der Waals surface area contributed by atoms with Gasteiger partial charge < -0.3 is 38.4 Å². The Morgan fingerprint density at radius 1 is 0.933 bits per heavy atom. The van der Waals surface area contributed by atoms with E-state index in [9.17, 15) is 15.2 Å². The van der Waals surface area contributed by atoms with Crippen LogP contribution in [0.5, 0.6) is 17.2 Å². The van der Waals surface area contributed by atoms with Crippen molar-refractivity contribution >= 4 is 6.09 Å². The molecule has 1 aliphatic rings. The van der Waals surface area contributed by atoms with Crippen LogP contribution in [0.3, 0.4) is 0 Å². The van der Waals surface area contributed by atoms with Gasteiger partial charge in [-0.15, -0.1) is 0 Å². The molecule has 1 amide bonds. The van der Waals surface area contributed by atoms with E-state index >= 15 is 0 Å². The van der Waals surface area contributed by atoms with E-state index < -0.39 is 6.09 Å². The standard InChI is InChI=1S/C35H42N2O8/c1-40-17-5-20-44-33-21-26(9-10-28(33)22-36)24-45-34-23-37(35(38)39)16-15-31(34)27-11-13-30(14-12-27)43-19-6-18-42-25-29-7-3-4-8-32(29)41-2/h3-4,7-14,21,31,34H,5-6,15-20,23-25H2,1-2H3,(H,38,39). The number of carboxylic acid groups (broad SMARTS) is 1. The van der Waals surface area contributed by atoms with Gasteiger partial charge in [0, 0.05) is 44.6 Å². The van der Waals surface area contributed by atoms with E-state index in [1.807, 2.05) is 60.7 Å². The number of likely N-dealkylation sites (tertiary alicyclic amines) is 1. The summed E-state index contributed by atoms with van der Waals surface area (Å²) in [7, 11) is 3.29. The average Bonchev–Trinajstić information content (AvgIpc) is 3.07. The van der Waals surface area contributed by atoms with Crippen LogP contribution in [0.2, 0.25) is 0 Å². The highest BCUT2D eigenvalue weighted by Crippen LogP contribution is 2.33. The first-order chi connectivity index (χ1) is 22.0. The SMILES string of the molecule is COCCCOc1cc(COC2CN(C(=O)O)CCC2c2ccc(OCCCOCc3ccccc3OC)cc2)ccc1C#N. The predicted octanol–water partition coefficient (Wildman–Crippen LogP) is 6.02. The van der Waals surface area contributed by atoms with Crippen LogP contribution in [0.25, 0.3) is 0 Å². The van der Waals surface area contributed by atoms with Crippen molar-refractivity contribution in [2.45, 2.75) is 44.5 Å². The van der Waals surface area contributed by atoms with Gasteiger partial charge in [0.05, 0.1) is 58.4 Å².